The quantitative estimate of drug-likeness (QED) is 0.702. The molecule has 0 aliphatic rings. The van der Waals surface area contributed by atoms with Crippen LogP contribution in [0.4, 0.5) is 0 Å². The van der Waals surface area contributed by atoms with Gasteiger partial charge in [0.1, 0.15) is 0 Å². The number of carboxylic acid groups (broad SMARTS) is 2. The molecule has 0 atom stereocenters. The summed E-state index contributed by atoms with van der Waals surface area (Å²) in [6, 6.07) is 4.50. The molecule has 0 spiro atoms. The average Bonchev–Trinajstić information content (AvgIpc) is 2.42. The number of hydrogen-bond acceptors (Lipinski definition) is 2. The largest absolute Gasteiger partial charge is 0.478 e. The third-order valence-electron chi connectivity index (χ3n) is 3.06. The Morgan fingerprint density at radius 3 is 2.45 bits per heavy atom. The molecule has 0 saturated carbocycles. The van der Waals surface area contributed by atoms with Crippen molar-refractivity contribution in [2.24, 2.45) is 0 Å². The van der Waals surface area contributed by atoms with Crippen molar-refractivity contribution in [2.45, 2.75) is 39.0 Å². The molecule has 4 nitrogen and oxygen atoms in total. The van der Waals surface area contributed by atoms with Gasteiger partial charge in [0.15, 0.2) is 0 Å². The number of carboxylic acids is 2. The monoisotopic (exact) mass is 276 g/mol. The van der Waals surface area contributed by atoms with Crippen molar-refractivity contribution in [3.8, 4) is 0 Å². The first-order chi connectivity index (χ1) is 9.57. The van der Waals surface area contributed by atoms with E-state index >= 15 is 0 Å². The van der Waals surface area contributed by atoms with Crippen LogP contribution in [-0.2, 0) is 0 Å². The number of benzene rings is 1. The van der Waals surface area contributed by atoms with E-state index in [0.717, 1.165) is 19.3 Å². The molecule has 1 aromatic carbocycles. The van der Waals surface area contributed by atoms with Crippen LogP contribution in [0.3, 0.4) is 0 Å². The molecule has 20 heavy (non-hydrogen) atoms. The molecule has 0 bridgehead atoms. The molecular weight excluding hydrogens is 256 g/mol. The predicted octanol–water partition coefficient (Wildman–Crippen LogP) is 4.07. The first-order valence-corrected chi connectivity index (χ1v) is 6.84. The summed E-state index contributed by atoms with van der Waals surface area (Å²) in [5.74, 6) is -2.44. The summed E-state index contributed by atoms with van der Waals surface area (Å²) < 4.78 is 0. The normalized spacial score (nSPS) is 10.8. The van der Waals surface area contributed by atoms with Gasteiger partial charge >= 0.3 is 11.9 Å². The van der Waals surface area contributed by atoms with E-state index in [1.54, 1.807) is 18.2 Å². The van der Waals surface area contributed by atoms with Gasteiger partial charge in [-0.15, -0.1) is 0 Å². The number of carbonyl (C=O) groups is 2. The minimum absolute atomic E-state index is 0.148. The van der Waals surface area contributed by atoms with Gasteiger partial charge in [0.25, 0.3) is 0 Å². The molecule has 0 unspecified atom stereocenters. The maximum Gasteiger partial charge on any atom is 0.337 e. The van der Waals surface area contributed by atoms with Gasteiger partial charge in [-0.2, -0.15) is 0 Å². The van der Waals surface area contributed by atoms with Crippen molar-refractivity contribution in [2.75, 3.05) is 0 Å². The van der Waals surface area contributed by atoms with Crippen LogP contribution in [0.5, 0.6) is 0 Å². The predicted molar refractivity (Wildman–Crippen MR) is 78.2 cm³/mol. The Hall–Kier alpha value is -2.10. The highest BCUT2D eigenvalue weighted by molar-refractivity contribution is 6.04. The number of hydrogen-bond donors (Lipinski definition) is 2. The van der Waals surface area contributed by atoms with Gasteiger partial charge in [-0.3, -0.25) is 0 Å². The molecule has 0 aliphatic carbocycles. The maximum atomic E-state index is 11.2. The van der Waals surface area contributed by atoms with Crippen molar-refractivity contribution >= 4 is 18.0 Å². The number of aromatic carboxylic acids is 2. The summed E-state index contributed by atoms with van der Waals surface area (Å²) in [7, 11) is 0. The number of rotatable bonds is 8. The summed E-state index contributed by atoms with van der Waals surface area (Å²) >= 11 is 0. The Labute approximate surface area is 118 Å². The first kappa shape index (κ1) is 16.0. The fraction of sp³-hybridized carbons (Fsp3) is 0.375. The van der Waals surface area contributed by atoms with Crippen LogP contribution in [0.1, 0.15) is 65.3 Å². The Morgan fingerprint density at radius 2 is 1.85 bits per heavy atom. The number of unbranched alkanes of at least 4 members (excludes halogenated alkanes) is 4. The van der Waals surface area contributed by atoms with Crippen molar-refractivity contribution in [3.05, 3.63) is 41.0 Å². The lowest BCUT2D eigenvalue weighted by atomic mass is 10.00. The number of allylic oxidation sites excluding steroid dienone is 1. The lowest BCUT2D eigenvalue weighted by molar-refractivity contribution is 0.0651. The summed E-state index contributed by atoms with van der Waals surface area (Å²) in [6.45, 7) is 2.15. The van der Waals surface area contributed by atoms with Crippen molar-refractivity contribution in [3.63, 3.8) is 0 Å². The zero-order valence-corrected chi connectivity index (χ0v) is 11.6. The molecule has 108 valence electrons. The van der Waals surface area contributed by atoms with Gasteiger partial charge in [-0.1, -0.05) is 50.5 Å². The minimum atomic E-state index is -1.22. The van der Waals surface area contributed by atoms with E-state index in [9.17, 15) is 14.7 Å². The van der Waals surface area contributed by atoms with Crippen LogP contribution >= 0.6 is 0 Å². The molecule has 1 aromatic rings. The Balaban J connectivity index is 2.84. The van der Waals surface area contributed by atoms with Crippen LogP contribution < -0.4 is 0 Å². The summed E-state index contributed by atoms with van der Waals surface area (Å²) in [4.78, 5) is 22.3. The van der Waals surface area contributed by atoms with E-state index in [2.05, 4.69) is 6.92 Å². The van der Waals surface area contributed by atoms with E-state index in [0.29, 0.717) is 5.56 Å². The van der Waals surface area contributed by atoms with E-state index in [1.807, 2.05) is 6.08 Å². The van der Waals surface area contributed by atoms with E-state index in [4.69, 9.17) is 5.11 Å². The molecule has 0 radical (unpaired) electrons. The van der Waals surface area contributed by atoms with Gasteiger partial charge in [0.05, 0.1) is 11.1 Å². The van der Waals surface area contributed by atoms with Gasteiger partial charge in [-0.05, 0) is 24.5 Å². The van der Waals surface area contributed by atoms with Gasteiger partial charge < -0.3 is 10.2 Å². The molecule has 0 fully saturated rings. The zero-order chi connectivity index (χ0) is 15.0. The fourth-order valence-corrected chi connectivity index (χ4v) is 2.03. The van der Waals surface area contributed by atoms with Crippen LogP contribution in [0.15, 0.2) is 24.3 Å². The van der Waals surface area contributed by atoms with E-state index < -0.39 is 11.9 Å². The molecule has 0 aliphatic heterocycles. The zero-order valence-electron chi connectivity index (χ0n) is 11.6. The standard InChI is InChI=1S/C16H20O4/c1-2-3-4-5-6-7-9-12-10-8-11-13(15(17)18)14(12)16(19)20/h7-11H,2-6H2,1H3,(H,17,18)(H,19,20). The van der Waals surface area contributed by atoms with Crippen LogP contribution in [0.25, 0.3) is 6.08 Å². The van der Waals surface area contributed by atoms with Gasteiger partial charge in [0, 0.05) is 0 Å². The molecule has 2 N–H and O–H groups in total. The molecule has 0 heterocycles. The molecule has 1 rings (SSSR count). The second-order valence-corrected chi connectivity index (χ2v) is 4.63. The summed E-state index contributed by atoms with van der Waals surface area (Å²) in [5.41, 5.74) is 0.114. The SMILES string of the molecule is CCCCCCC=Cc1cccc(C(=O)O)c1C(=O)O. The summed E-state index contributed by atoms with van der Waals surface area (Å²) in [6.07, 6.45) is 9.06. The Kier molecular flexibility index (Phi) is 6.50. The van der Waals surface area contributed by atoms with Crippen LogP contribution in [0.2, 0.25) is 0 Å². The minimum Gasteiger partial charge on any atom is -0.478 e. The lowest BCUT2D eigenvalue weighted by Gasteiger charge is -2.05. The molecule has 0 aromatic heterocycles. The Bertz CT molecular complexity index is 503. The molecular formula is C16H20O4. The average molecular weight is 276 g/mol. The Morgan fingerprint density at radius 1 is 1.10 bits per heavy atom. The molecule has 0 saturated heterocycles. The molecule has 4 heteroatoms. The third-order valence-corrected chi connectivity index (χ3v) is 3.06. The fourth-order valence-electron chi connectivity index (χ4n) is 2.03. The first-order valence-electron chi connectivity index (χ1n) is 6.84. The lowest BCUT2D eigenvalue weighted by Crippen LogP contribution is -2.09. The van der Waals surface area contributed by atoms with Crippen molar-refractivity contribution in [1.29, 1.82) is 0 Å². The smallest absolute Gasteiger partial charge is 0.337 e. The van der Waals surface area contributed by atoms with E-state index in [1.165, 1.54) is 18.9 Å². The maximum absolute atomic E-state index is 11.2. The highest BCUT2D eigenvalue weighted by Crippen LogP contribution is 2.17. The second kappa shape index (κ2) is 8.15. The van der Waals surface area contributed by atoms with Gasteiger partial charge in [0.2, 0.25) is 0 Å². The van der Waals surface area contributed by atoms with Crippen LogP contribution in [0, 0.1) is 0 Å². The topological polar surface area (TPSA) is 74.6 Å². The van der Waals surface area contributed by atoms with Gasteiger partial charge in [-0.25, -0.2) is 9.59 Å². The highest BCUT2D eigenvalue weighted by atomic mass is 16.4. The van der Waals surface area contributed by atoms with E-state index in [-0.39, 0.29) is 11.1 Å². The third kappa shape index (κ3) is 4.53. The van der Waals surface area contributed by atoms with Crippen molar-refractivity contribution < 1.29 is 19.8 Å². The van der Waals surface area contributed by atoms with Crippen LogP contribution in [-0.4, -0.2) is 22.2 Å². The molecule has 0 amide bonds. The summed E-state index contributed by atoms with van der Waals surface area (Å²) in [5, 5.41) is 18.2. The van der Waals surface area contributed by atoms with Crippen molar-refractivity contribution in [1.82, 2.24) is 0 Å². The highest BCUT2D eigenvalue weighted by Gasteiger charge is 2.18. The second-order valence-electron chi connectivity index (χ2n) is 4.63.